The summed E-state index contributed by atoms with van der Waals surface area (Å²) in [5, 5.41) is 12.6. The van der Waals surface area contributed by atoms with Gasteiger partial charge in [-0.15, -0.1) is 0 Å². The number of ether oxygens (including phenoxy) is 3. The topological polar surface area (TPSA) is 55.0 Å². The minimum Gasteiger partial charge on any atom is -1.00 e. The van der Waals surface area contributed by atoms with E-state index in [1.54, 1.807) is 7.11 Å². The molecule has 152 valence electrons. The molecule has 0 aliphatic carbocycles. The highest BCUT2D eigenvalue weighted by atomic mass is 35.5. The minimum absolute atomic E-state index is 0. The number of phenolic OH excluding ortho intramolecular Hbond substituents is 1. The Hall–Kier alpha value is -2.70. The number of hydrogen-bond donors (Lipinski definition) is 1. The summed E-state index contributed by atoms with van der Waals surface area (Å²) in [4.78, 5) is 2.11. The van der Waals surface area contributed by atoms with E-state index >= 15 is 0 Å². The van der Waals surface area contributed by atoms with E-state index in [0.717, 1.165) is 58.6 Å². The molecule has 3 heterocycles. The van der Waals surface area contributed by atoms with Crippen LogP contribution >= 0.6 is 0 Å². The number of methoxy groups -OCH3 is 1. The number of rotatable bonds is 3. The van der Waals surface area contributed by atoms with Crippen LogP contribution in [0.5, 0.6) is 23.0 Å². The van der Waals surface area contributed by atoms with Gasteiger partial charge in [0.2, 0.25) is 12.5 Å². The zero-order valence-corrected chi connectivity index (χ0v) is 17.4. The summed E-state index contributed by atoms with van der Waals surface area (Å²) in [7, 11) is 5.66. The molecule has 0 atom stereocenters. The number of hydrogen-bond acceptors (Lipinski definition) is 5. The predicted octanol–water partition coefficient (Wildman–Crippen LogP) is -0.141. The lowest BCUT2D eigenvalue weighted by atomic mass is 9.94. The van der Waals surface area contributed by atoms with Crippen LogP contribution in [0.2, 0.25) is 0 Å². The third-order valence-corrected chi connectivity index (χ3v) is 5.51. The van der Waals surface area contributed by atoms with Gasteiger partial charge in [-0.05, 0) is 43.4 Å². The number of halogens is 1. The van der Waals surface area contributed by atoms with Gasteiger partial charge in [0, 0.05) is 24.4 Å². The lowest BCUT2D eigenvalue weighted by molar-refractivity contribution is -0.686. The number of aryl methyl sites for hydroxylation is 2. The Morgan fingerprint density at radius 3 is 2.59 bits per heavy atom. The van der Waals surface area contributed by atoms with Gasteiger partial charge >= 0.3 is 0 Å². The van der Waals surface area contributed by atoms with Gasteiger partial charge in [-0.1, -0.05) is 0 Å². The van der Waals surface area contributed by atoms with Crippen LogP contribution in [0.4, 0.5) is 0 Å². The highest BCUT2D eigenvalue weighted by Gasteiger charge is 2.29. The van der Waals surface area contributed by atoms with Crippen molar-refractivity contribution < 1.29 is 36.3 Å². The Balaban J connectivity index is 0.00000205. The number of pyridine rings is 1. The van der Waals surface area contributed by atoms with Crippen molar-refractivity contribution in [3.05, 3.63) is 41.6 Å². The Morgan fingerprint density at radius 2 is 1.86 bits per heavy atom. The zero-order valence-electron chi connectivity index (χ0n) is 16.7. The molecule has 1 N–H and O–H groups in total. The SMILES string of the molecule is COc1cc(CN(C)C)c2cc3[n+](cc2c1O)CCc1cc2c(cc1-3)OCO2.[Cl-]. The fourth-order valence-electron chi connectivity index (χ4n) is 4.20. The summed E-state index contributed by atoms with van der Waals surface area (Å²) in [5.41, 5.74) is 4.65. The maximum Gasteiger partial charge on any atom is 0.231 e. The van der Waals surface area contributed by atoms with E-state index in [-0.39, 0.29) is 24.9 Å². The lowest BCUT2D eigenvalue weighted by Crippen LogP contribution is -3.00. The van der Waals surface area contributed by atoms with E-state index in [9.17, 15) is 5.11 Å². The summed E-state index contributed by atoms with van der Waals surface area (Å²) in [6, 6.07) is 8.27. The Labute approximate surface area is 175 Å². The van der Waals surface area contributed by atoms with E-state index < -0.39 is 0 Å². The first-order chi connectivity index (χ1) is 13.5. The van der Waals surface area contributed by atoms with Gasteiger partial charge in [0.25, 0.3) is 0 Å². The molecule has 29 heavy (non-hydrogen) atoms. The van der Waals surface area contributed by atoms with Gasteiger partial charge in [0.05, 0.1) is 18.1 Å². The average Bonchev–Trinajstić information content (AvgIpc) is 3.14. The Kier molecular flexibility index (Phi) is 4.92. The first-order valence-electron chi connectivity index (χ1n) is 9.39. The van der Waals surface area contributed by atoms with E-state index in [2.05, 4.69) is 27.7 Å². The molecule has 0 bridgehead atoms. The molecule has 2 aliphatic rings. The molecule has 7 heteroatoms. The average molecular weight is 415 g/mol. The van der Waals surface area contributed by atoms with Crippen molar-refractivity contribution in [1.82, 2.24) is 4.90 Å². The monoisotopic (exact) mass is 414 g/mol. The zero-order chi connectivity index (χ0) is 19.4. The van der Waals surface area contributed by atoms with E-state index in [1.165, 1.54) is 5.56 Å². The maximum atomic E-state index is 10.7. The molecule has 1 aromatic heterocycles. The maximum absolute atomic E-state index is 10.7. The van der Waals surface area contributed by atoms with Crippen molar-refractivity contribution >= 4 is 10.8 Å². The Morgan fingerprint density at radius 1 is 1.10 bits per heavy atom. The number of aromatic hydroxyl groups is 1. The molecule has 0 radical (unpaired) electrons. The van der Waals surface area contributed by atoms with Crippen LogP contribution in [0, 0.1) is 0 Å². The summed E-state index contributed by atoms with van der Waals surface area (Å²) in [5.74, 6) is 2.30. The van der Waals surface area contributed by atoms with Crippen LogP contribution < -0.4 is 31.2 Å². The number of aromatic nitrogens is 1. The second-order valence-electron chi connectivity index (χ2n) is 7.62. The molecule has 2 aromatic carbocycles. The van der Waals surface area contributed by atoms with Gasteiger partial charge in [-0.25, -0.2) is 0 Å². The first-order valence-corrected chi connectivity index (χ1v) is 9.39. The summed E-state index contributed by atoms with van der Waals surface area (Å²) in [6.07, 6.45) is 2.94. The largest absolute Gasteiger partial charge is 1.00 e. The smallest absolute Gasteiger partial charge is 0.231 e. The van der Waals surface area contributed by atoms with E-state index in [1.807, 2.05) is 26.4 Å². The van der Waals surface area contributed by atoms with Gasteiger partial charge in [0.1, 0.15) is 0 Å². The van der Waals surface area contributed by atoms with Crippen molar-refractivity contribution in [1.29, 1.82) is 0 Å². The molecular weight excluding hydrogens is 392 g/mol. The molecule has 2 aliphatic heterocycles. The highest BCUT2D eigenvalue weighted by molar-refractivity contribution is 5.94. The van der Waals surface area contributed by atoms with E-state index in [4.69, 9.17) is 14.2 Å². The highest BCUT2D eigenvalue weighted by Crippen LogP contribution is 2.42. The van der Waals surface area contributed by atoms with Crippen LogP contribution in [0.25, 0.3) is 22.0 Å². The summed E-state index contributed by atoms with van der Waals surface area (Å²) in [6.45, 7) is 1.87. The normalized spacial score (nSPS) is 13.8. The van der Waals surface area contributed by atoms with E-state index in [0.29, 0.717) is 5.75 Å². The number of fused-ring (bicyclic) bond motifs is 5. The molecule has 0 unspecified atom stereocenters. The fraction of sp³-hybridized carbons (Fsp3) is 0.318. The molecule has 0 spiro atoms. The molecule has 5 rings (SSSR count). The van der Waals surface area contributed by atoms with Crippen molar-refractivity contribution in [3.63, 3.8) is 0 Å². The third-order valence-electron chi connectivity index (χ3n) is 5.51. The molecule has 6 nitrogen and oxygen atoms in total. The quantitative estimate of drug-likeness (QED) is 0.605. The van der Waals surface area contributed by atoms with Gasteiger partial charge in [-0.3, -0.25) is 0 Å². The summed E-state index contributed by atoms with van der Waals surface area (Å²) < 4.78 is 18.8. The molecule has 0 fully saturated rings. The van der Waals surface area contributed by atoms with Crippen molar-refractivity contribution in [2.45, 2.75) is 19.5 Å². The molecule has 0 saturated heterocycles. The minimum atomic E-state index is 0. The van der Waals surface area contributed by atoms with Crippen LogP contribution in [-0.4, -0.2) is 38.0 Å². The second kappa shape index (κ2) is 7.28. The fourth-order valence-corrected chi connectivity index (χ4v) is 4.20. The van der Waals surface area contributed by atoms with Crippen LogP contribution in [0.3, 0.4) is 0 Å². The third kappa shape index (κ3) is 3.12. The second-order valence-corrected chi connectivity index (χ2v) is 7.62. The number of benzene rings is 2. The number of phenols is 1. The standard InChI is InChI=1S/C22H22N2O4.ClH/c1-23(2)10-14-7-21(26-3)22(25)17-11-24-5-4-13-6-19-20(28-12-27-19)9-16(13)18(24)8-15(14)17;/h6-9,11H,4-5,10,12H2,1-3H3;1H. The van der Waals surface area contributed by atoms with Crippen LogP contribution in [0.1, 0.15) is 11.1 Å². The van der Waals surface area contributed by atoms with Gasteiger partial charge in [0.15, 0.2) is 35.7 Å². The van der Waals surface area contributed by atoms with Crippen LogP contribution in [-0.2, 0) is 19.5 Å². The predicted molar refractivity (Wildman–Crippen MR) is 105 cm³/mol. The van der Waals surface area contributed by atoms with Crippen LogP contribution in [0.15, 0.2) is 30.5 Å². The first kappa shape index (κ1) is 19.6. The van der Waals surface area contributed by atoms with Crippen molar-refractivity contribution in [3.8, 4) is 34.3 Å². The summed E-state index contributed by atoms with van der Waals surface area (Å²) >= 11 is 0. The van der Waals surface area contributed by atoms with Crippen molar-refractivity contribution in [2.24, 2.45) is 0 Å². The molecule has 0 saturated carbocycles. The lowest BCUT2D eigenvalue weighted by Gasteiger charge is -2.19. The molecule has 0 amide bonds. The van der Waals surface area contributed by atoms with Gasteiger partial charge < -0.3 is 36.6 Å². The van der Waals surface area contributed by atoms with Crippen molar-refractivity contribution in [2.75, 3.05) is 28.0 Å². The molecule has 3 aromatic rings. The van der Waals surface area contributed by atoms with Gasteiger partial charge in [-0.2, -0.15) is 4.57 Å². The Bertz CT molecular complexity index is 1110. The number of nitrogens with zero attached hydrogens (tertiary/aromatic N) is 2. The molecular formula is C22H23ClN2O4.